The van der Waals surface area contributed by atoms with Crippen LogP contribution in [-0.4, -0.2) is 11.2 Å². The van der Waals surface area contributed by atoms with Crippen LogP contribution in [0.5, 0.6) is 0 Å². The van der Waals surface area contributed by atoms with Crippen LogP contribution in [0.15, 0.2) is 23.1 Å². The Morgan fingerprint density at radius 2 is 2.20 bits per heavy atom. The number of carbonyl (C=O) groups is 1. The lowest BCUT2D eigenvalue weighted by Gasteiger charge is -2.26. The number of benzene rings is 1. The van der Waals surface area contributed by atoms with Gasteiger partial charge >= 0.3 is 0 Å². The van der Waals surface area contributed by atoms with E-state index >= 15 is 0 Å². The van der Waals surface area contributed by atoms with Crippen LogP contribution in [0.3, 0.4) is 0 Å². The highest BCUT2D eigenvalue weighted by Crippen LogP contribution is 2.38. The van der Waals surface area contributed by atoms with Gasteiger partial charge in [-0.05, 0) is 24.1 Å². The standard InChI is InChI=1S/C11H12FNOS/c1-6(2)10-11(14)13-8-5-7(12)3-4-9(8)15-10/h3-6,10H,1-2H3,(H,13,14). The van der Waals surface area contributed by atoms with Crippen molar-refractivity contribution in [2.24, 2.45) is 5.92 Å². The van der Waals surface area contributed by atoms with Crippen LogP contribution in [-0.2, 0) is 4.79 Å². The van der Waals surface area contributed by atoms with Gasteiger partial charge in [-0.3, -0.25) is 4.79 Å². The van der Waals surface area contributed by atoms with Gasteiger partial charge in [0.2, 0.25) is 5.91 Å². The minimum atomic E-state index is -0.322. The van der Waals surface area contributed by atoms with Crippen LogP contribution in [0.2, 0.25) is 0 Å². The van der Waals surface area contributed by atoms with Crippen LogP contribution < -0.4 is 5.32 Å². The van der Waals surface area contributed by atoms with E-state index in [2.05, 4.69) is 5.32 Å². The highest BCUT2D eigenvalue weighted by Gasteiger charge is 2.29. The maximum Gasteiger partial charge on any atom is 0.238 e. The second kappa shape index (κ2) is 3.85. The number of rotatable bonds is 1. The van der Waals surface area contributed by atoms with Crippen molar-refractivity contribution >= 4 is 23.4 Å². The molecule has 0 saturated carbocycles. The van der Waals surface area contributed by atoms with Crippen LogP contribution in [0, 0.1) is 11.7 Å². The quantitative estimate of drug-likeness (QED) is 0.796. The number of anilines is 1. The average molecular weight is 225 g/mol. The molecule has 0 saturated heterocycles. The summed E-state index contributed by atoms with van der Waals surface area (Å²) in [4.78, 5) is 12.6. The number of fused-ring (bicyclic) bond motifs is 1. The van der Waals surface area contributed by atoms with Crippen molar-refractivity contribution < 1.29 is 9.18 Å². The van der Waals surface area contributed by atoms with Crippen molar-refractivity contribution in [3.05, 3.63) is 24.0 Å². The van der Waals surface area contributed by atoms with Gasteiger partial charge in [-0.2, -0.15) is 0 Å². The van der Waals surface area contributed by atoms with Gasteiger partial charge in [-0.25, -0.2) is 4.39 Å². The van der Waals surface area contributed by atoms with Gasteiger partial charge < -0.3 is 5.32 Å². The molecule has 0 bridgehead atoms. The zero-order valence-electron chi connectivity index (χ0n) is 8.58. The second-order valence-electron chi connectivity index (χ2n) is 3.91. The SMILES string of the molecule is CC(C)C1Sc2ccc(F)cc2NC1=O. The maximum atomic E-state index is 12.9. The Morgan fingerprint density at radius 3 is 2.87 bits per heavy atom. The summed E-state index contributed by atoms with van der Waals surface area (Å²) in [5.41, 5.74) is 0.585. The lowest BCUT2D eigenvalue weighted by molar-refractivity contribution is -0.116. The van der Waals surface area contributed by atoms with E-state index in [0.717, 1.165) is 4.90 Å². The summed E-state index contributed by atoms with van der Waals surface area (Å²) in [5.74, 6) is -0.0843. The molecule has 0 aromatic heterocycles. The number of hydrogen-bond acceptors (Lipinski definition) is 2. The van der Waals surface area contributed by atoms with E-state index in [1.54, 1.807) is 6.07 Å². The first-order valence-electron chi connectivity index (χ1n) is 4.85. The molecule has 0 aliphatic carbocycles. The summed E-state index contributed by atoms with van der Waals surface area (Å²) < 4.78 is 12.9. The number of thioether (sulfide) groups is 1. The van der Waals surface area contributed by atoms with Crippen LogP contribution in [0.25, 0.3) is 0 Å². The molecule has 1 atom stereocenters. The van der Waals surface area contributed by atoms with Crippen molar-refractivity contribution in [2.45, 2.75) is 24.0 Å². The van der Waals surface area contributed by atoms with Crippen molar-refractivity contribution in [1.82, 2.24) is 0 Å². The third-order valence-corrected chi connectivity index (χ3v) is 3.94. The van der Waals surface area contributed by atoms with E-state index in [1.807, 2.05) is 13.8 Å². The van der Waals surface area contributed by atoms with Gasteiger partial charge in [-0.15, -0.1) is 11.8 Å². The fraction of sp³-hybridized carbons (Fsp3) is 0.364. The van der Waals surface area contributed by atoms with Crippen molar-refractivity contribution in [3.63, 3.8) is 0 Å². The Labute approximate surface area is 92.3 Å². The minimum Gasteiger partial charge on any atom is -0.324 e. The lowest BCUT2D eigenvalue weighted by Crippen LogP contribution is -2.32. The lowest BCUT2D eigenvalue weighted by atomic mass is 10.1. The molecule has 0 spiro atoms. The molecular weight excluding hydrogens is 213 g/mol. The molecule has 15 heavy (non-hydrogen) atoms. The third-order valence-electron chi connectivity index (χ3n) is 2.32. The summed E-state index contributed by atoms with van der Waals surface area (Å²) in [6.45, 7) is 4.01. The van der Waals surface area contributed by atoms with Gasteiger partial charge in [0.1, 0.15) is 5.82 Å². The molecular formula is C11H12FNOS. The normalized spacial score (nSPS) is 20.0. The van der Waals surface area contributed by atoms with Crippen molar-refractivity contribution in [2.75, 3.05) is 5.32 Å². The van der Waals surface area contributed by atoms with Gasteiger partial charge in [-0.1, -0.05) is 13.8 Å². The number of nitrogens with one attached hydrogen (secondary N) is 1. The third kappa shape index (κ3) is 2.00. The first-order valence-corrected chi connectivity index (χ1v) is 5.73. The fourth-order valence-corrected chi connectivity index (χ4v) is 2.63. The molecule has 80 valence electrons. The molecule has 1 aliphatic rings. The summed E-state index contributed by atoms with van der Waals surface area (Å²) in [6.07, 6.45) is 0. The van der Waals surface area contributed by atoms with Gasteiger partial charge in [0.15, 0.2) is 0 Å². The predicted molar refractivity (Wildman–Crippen MR) is 59.5 cm³/mol. The molecule has 2 rings (SSSR count). The van der Waals surface area contributed by atoms with Crippen LogP contribution >= 0.6 is 11.8 Å². The Morgan fingerprint density at radius 1 is 1.47 bits per heavy atom. The van der Waals surface area contributed by atoms with Crippen LogP contribution in [0.1, 0.15) is 13.8 Å². The van der Waals surface area contributed by atoms with Crippen LogP contribution in [0.4, 0.5) is 10.1 Å². The highest BCUT2D eigenvalue weighted by atomic mass is 32.2. The van der Waals surface area contributed by atoms with Crippen molar-refractivity contribution in [1.29, 1.82) is 0 Å². The highest BCUT2D eigenvalue weighted by molar-refractivity contribution is 8.01. The number of amides is 1. The van der Waals surface area contributed by atoms with E-state index in [-0.39, 0.29) is 22.9 Å². The minimum absolute atomic E-state index is 0.0342. The summed E-state index contributed by atoms with van der Waals surface area (Å²) >= 11 is 1.50. The van der Waals surface area contributed by atoms with Gasteiger partial charge in [0.25, 0.3) is 0 Å². The Kier molecular flexibility index (Phi) is 2.69. The van der Waals surface area contributed by atoms with Crippen molar-refractivity contribution in [3.8, 4) is 0 Å². The van der Waals surface area contributed by atoms with E-state index < -0.39 is 0 Å². The molecule has 1 N–H and O–H groups in total. The molecule has 2 nitrogen and oxygen atoms in total. The molecule has 0 radical (unpaired) electrons. The fourth-order valence-electron chi connectivity index (χ4n) is 1.54. The van der Waals surface area contributed by atoms with E-state index in [4.69, 9.17) is 0 Å². The molecule has 1 aromatic rings. The topological polar surface area (TPSA) is 29.1 Å². The second-order valence-corrected chi connectivity index (χ2v) is 5.10. The van der Waals surface area contributed by atoms with Gasteiger partial charge in [0, 0.05) is 4.90 Å². The molecule has 1 heterocycles. The number of halogens is 1. The zero-order chi connectivity index (χ0) is 11.0. The molecule has 0 fully saturated rings. The first-order chi connectivity index (χ1) is 7.08. The molecule has 1 aliphatic heterocycles. The first kappa shape index (κ1) is 10.5. The number of carbonyl (C=O) groups excluding carboxylic acids is 1. The van der Waals surface area contributed by atoms with E-state index in [9.17, 15) is 9.18 Å². The Balaban J connectivity index is 2.34. The molecule has 4 heteroatoms. The molecule has 1 amide bonds. The summed E-state index contributed by atoms with van der Waals surface area (Å²) in [5, 5.41) is 2.65. The Hall–Kier alpha value is -1.03. The average Bonchev–Trinajstić information content (AvgIpc) is 2.15. The summed E-state index contributed by atoms with van der Waals surface area (Å²) in [6, 6.07) is 4.49. The Bertz CT molecular complexity index is 406. The maximum absolute atomic E-state index is 12.9. The predicted octanol–water partition coefficient (Wildman–Crippen LogP) is 2.89. The molecule has 1 aromatic carbocycles. The van der Waals surface area contributed by atoms with E-state index in [0.29, 0.717) is 5.69 Å². The summed E-state index contributed by atoms with van der Waals surface area (Å²) in [7, 11) is 0. The monoisotopic (exact) mass is 225 g/mol. The largest absolute Gasteiger partial charge is 0.324 e. The smallest absolute Gasteiger partial charge is 0.238 e. The van der Waals surface area contributed by atoms with Gasteiger partial charge in [0.05, 0.1) is 10.9 Å². The molecule has 1 unspecified atom stereocenters. The van der Waals surface area contributed by atoms with E-state index in [1.165, 1.54) is 23.9 Å². The zero-order valence-corrected chi connectivity index (χ0v) is 9.40. The number of hydrogen-bond donors (Lipinski definition) is 1.